The number of hydrogen-bond donors (Lipinski definition) is 3. The number of nitrogens with one attached hydrogen (secondary N) is 2. The van der Waals surface area contributed by atoms with Crippen molar-refractivity contribution in [2.24, 2.45) is 11.7 Å². The molecule has 2 amide bonds. The minimum atomic E-state index is -0.641. The molecule has 1 atom stereocenters. The molecule has 0 aromatic heterocycles. The summed E-state index contributed by atoms with van der Waals surface area (Å²) in [5, 5.41) is 5.95. The maximum absolute atomic E-state index is 12.3. The number of hydrogen-bond acceptors (Lipinski definition) is 5. The standard InChI is InChI=1S/C15H21N3O4.ClH/c1-21-12-6-10(14(16)19)11(7-13(12)22-2)18-15(20)9-4-3-5-17-8-9;/h6-7,9,17H,3-5,8H2,1-2H3,(H2,16,19)(H,18,20);1H. The number of anilines is 1. The second-order valence-corrected chi connectivity index (χ2v) is 5.15. The molecule has 0 aliphatic carbocycles. The second kappa shape index (κ2) is 8.59. The van der Waals surface area contributed by atoms with Gasteiger partial charge in [-0.3, -0.25) is 9.59 Å². The van der Waals surface area contributed by atoms with Gasteiger partial charge in [0.1, 0.15) is 0 Å². The van der Waals surface area contributed by atoms with E-state index < -0.39 is 5.91 Å². The third kappa shape index (κ3) is 4.49. The van der Waals surface area contributed by atoms with Crippen LogP contribution >= 0.6 is 12.4 Å². The average Bonchev–Trinajstić information content (AvgIpc) is 2.54. The lowest BCUT2D eigenvalue weighted by molar-refractivity contribution is -0.120. The Hall–Kier alpha value is -1.99. The topological polar surface area (TPSA) is 103 Å². The molecule has 0 bridgehead atoms. The molecule has 1 saturated heterocycles. The van der Waals surface area contributed by atoms with E-state index >= 15 is 0 Å². The van der Waals surface area contributed by atoms with E-state index in [9.17, 15) is 9.59 Å². The van der Waals surface area contributed by atoms with E-state index in [2.05, 4.69) is 10.6 Å². The predicted octanol–water partition coefficient (Wildman–Crippen LogP) is 1.16. The molecule has 1 fully saturated rings. The number of methoxy groups -OCH3 is 2. The van der Waals surface area contributed by atoms with Crippen LogP contribution in [0.3, 0.4) is 0 Å². The van der Waals surface area contributed by atoms with E-state index in [1.807, 2.05) is 0 Å². The molecule has 1 aromatic carbocycles. The molecular formula is C15H22ClN3O4. The van der Waals surface area contributed by atoms with Crippen LogP contribution in [0.1, 0.15) is 23.2 Å². The number of benzene rings is 1. The van der Waals surface area contributed by atoms with Crippen LogP contribution in [0, 0.1) is 5.92 Å². The number of carbonyl (C=O) groups excluding carboxylic acids is 2. The quantitative estimate of drug-likeness (QED) is 0.744. The Morgan fingerprint density at radius 1 is 1.26 bits per heavy atom. The zero-order chi connectivity index (χ0) is 16.1. The van der Waals surface area contributed by atoms with Gasteiger partial charge in [-0.2, -0.15) is 0 Å². The van der Waals surface area contributed by atoms with Gasteiger partial charge in [0.2, 0.25) is 5.91 Å². The van der Waals surface area contributed by atoms with Crippen molar-refractivity contribution in [1.29, 1.82) is 0 Å². The molecule has 1 unspecified atom stereocenters. The minimum Gasteiger partial charge on any atom is -0.493 e. The highest BCUT2D eigenvalue weighted by Crippen LogP contribution is 2.33. The van der Waals surface area contributed by atoms with E-state index in [0.717, 1.165) is 19.4 Å². The first-order valence-electron chi connectivity index (χ1n) is 7.14. The Balaban J connectivity index is 0.00000264. The number of carbonyl (C=O) groups is 2. The van der Waals surface area contributed by atoms with Gasteiger partial charge in [0.05, 0.1) is 31.4 Å². The lowest BCUT2D eigenvalue weighted by Gasteiger charge is -2.22. The average molecular weight is 344 g/mol. The molecule has 1 aliphatic rings. The Bertz CT molecular complexity index is 574. The van der Waals surface area contributed by atoms with Crippen LogP contribution in [-0.2, 0) is 4.79 Å². The summed E-state index contributed by atoms with van der Waals surface area (Å²) in [6.07, 6.45) is 1.77. The van der Waals surface area contributed by atoms with Crippen LogP contribution in [0.25, 0.3) is 0 Å². The predicted molar refractivity (Wildman–Crippen MR) is 89.5 cm³/mol. The van der Waals surface area contributed by atoms with Crippen molar-refractivity contribution >= 4 is 29.9 Å². The van der Waals surface area contributed by atoms with E-state index in [1.165, 1.54) is 20.3 Å². The lowest BCUT2D eigenvalue weighted by Crippen LogP contribution is -2.37. The first-order chi connectivity index (χ1) is 10.6. The van der Waals surface area contributed by atoms with Gasteiger partial charge in [-0.1, -0.05) is 0 Å². The fourth-order valence-electron chi connectivity index (χ4n) is 2.50. The zero-order valence-electron chi connectivity index (χ0n) is 13.2. The summed E-state index contributed by atoms with van der Waals surface area (Å²) in [5.41, 5.74) is 5.91. The van der Waals surface area contributed by atoms with Gasteiger partial charge in [-0.25, -0.2) is 0 Å². The molecule has 1 heterocycles. The van der Waals surface area contributed by atoms with Crippen LogP contribution < -0.4 is 25.8 Å². The van der Waals surface area contributed by atoms with Crippen molar-refractivity contribution in [3.63, 3.8) is 0 Å². The number of nitrogens with two attached hydrogens (primary N) is 1. The van der Waals surface area contributed by atoms with Gasteiger partial charge in [0.25, 0.3) is 5.91 Å². The van der Waals surface area contributed by atoms with Crippen molar-refractivity contribution in [2.75, 3.05) is 32.6 Å². The van der Waals surface area contributed by atoms with E-state index in [4.69, 9.17) is 15.2 Å². The number of ether oxygens (including phenoxy) is 2. The zero-order valence-corrected chi connectivity index (χ0v) is 14.0. The van der Waals surface area contributed by atoms with Crippen molar-refractivity contribution in [3.05, 3.63) is 17.7 Å². The fraction of sp³-hybridized carbons (Fsp3) is 0.467. The van der Waals surface area contributed by atoms with Crippen molar-refractivity contribution in [2.45, 2.75) is 12.8 Å². The molecule has 7 nitrogen and oxygen atoms in total. The van der Waals surface area contributed by atoms with Crippen LogP contribution in [-0.4, -0.2) is 39.1 Å². The first-order valence-corrected chi connectivity index (χ1v) is 7.14. The highest BCUT2D eigenvalue weighted by molar-refractivity contribution is 6.04. The first kappa shape index (κ1) is 19.1. The smallest absolute Gasteiger partial charge is 0.250 e. The van der Waals surface area contributed by atoms with Gasteiger partial charge in [0.15, 0.2) is 11.5 Å². The number of halogens is 1. The van der Waals surface area contributed by atoms with Crippen LogP contribution in [0.15, 0.2) is 12.1 Å². The number of primary amides is 1. The Morgan fingerprint density at radius 3 is 2.43 bits per heavy atom. The maximum atomic E-state index is 12.3. The van der Waals surface area contributed by atoms with E-state index in [-0.39, 0.29) is 29.8 Å². The van der Waals surface area contributed by atoms with Gasteiger partial charge in [-0.05, 0) is 25.5 Å². The van der Waals surface area contributed by atoms with E-state index in [1.54, 1.807) is 6.07 Å². The molecule has 0 radical (unpaired) electrons. The van der Waals surface area contributed by atoms with Crippen LogP contribution in [0.2, 0.25) is 0 Å². The molecule has 1 aromatic rings. The highest BCUT2D eigenvalue weighted by atomic mass is 35.5. The molecule has 4 N–H and O–H groups in total. The van der Waals surface area contributed by atoms with Crippen LogP contribution in [0.5, 0.6) is 11.5 Å². The van der Waals surface area contributed by atoms with E-state index in [0.29, 0.717) is 23.7 Å². The highest BCUT2D eigenvalue weighted by Gasteiger charge is 2.23. The summed E-state index contributed by atoms with van der Waals surface area (Å²) in [6.45, 7) is 1.55. The summed E-state index contributed by atoms with van der Waals surface area (Å²) in [6, 6.07) is 3.02. The summed E-state index contributed by atoms with van der Waals surface area (Å²) in [7, 11) is 2.95. The third-order valence-corrected chi connectivity index (χ3v) is 3.71. The monoisotopic (exact) mass is 343 g/mol. The Morgan fingerprint density at radius 2 is 1.91 bits per heavy atom. The maximum Gasteiger partial charge on any atom is 0.250 e. The number of piperidine rings is 1. The Labute approximate surface area is 141 Å². The molecule has 0 saturated carbocycles. The third-order valence-electron chi connectivity index (χ3n) is 3.71. The molecule has 23 heavy (non-hydrogen) atoms. The summed E-state index contributed by atoms with van der Waals surface area (Å²) < 4.78 is 10.3. The molecular weight excluding hydrogens is 322 g/mol. The molecule has 8 heteroatoms. The largest absolute Gasteiger partial charge is 0.493 e. The summed E-state index contributed by atoms with van der Waals surface area (Å²) in [4.78, 5) is 23.9. The summed E-state index contributed by atoms with van der Waals surface area (Å²) in [5.74, 6) is -0.0966. The molecule has 2 rings (SSSR count). The Kier molecular flexibility index (Phi) is 7.12. The molecule has 128 valence electrons. The fourth-order valence-corrected chi connectivity index (χ4v) is 2.50. The SMILES string of the molecule is COc1cc(NC(=O)C2CCCNC2)c(C(N)=O)cc1OC.Cl. The van der Waals surface area contributed by atoms with Gasteiger partial charge in [0, 0.05) is 12.6 Å². The normalized spacial score (nSPS) is 16.9. The minimum absolute atomic E-state index is 0. The van der Waals surface area contributed by atoms with Crippen molar-refractivity contribution in [1.82, 2.24) is 5.32 Å². The van der Waals surface area contributed by atoms with Crippen LogP contribution in [0.4, 0.5) is 5.69 Å². The lowest BCUT2D eigenvalue weighted by atomic mass is 9.98. The molecule has 1 aliphatic heterocycles. The van der Waals surface area contributed by atoms with Gasteiger partial charge in [-0.15, -0.1) is 12.4 Å². The van der Waals surface area contributed by atoms with Gasteiger partial charge < -0.3 is 25.8 Å². The van der Waals surface area contributed by atoms with Crippen molar-refractivity contribution in [3.8, 4) is 11.5 Å². The molecule has 0 spiro atoms. The second-order valence-electron chi connectivity index (χ2n) is 5.15. The van der Waals surface area contributed by atoms with Gasteiger partial charge >= 0.3 is 0 Å². The van der Waals surface area contributed by atoms with Crippen molar-refractivity contribution < 1.29 is 19.1 Å². The summed E-state index contributed by atoms with van der Waals surface area (Å²) >= 11 is 0. The number of amides is 2. The number of rotatable bonds is 5.